The van der Waals surface area contributed by atoms with Crippen molar-refractivity contribution in [3.8, 4) is 5.75 Å². The van der Waals surface area contributed by atoms with Crippen molar-refractivity contribution < 1.29 is 5.11 Å². The molecule has 3 N–H and O–H groups in total. The lowest BCUT2D eigenvalue weighted by atomic mass is 9.77. The van der Waals surface area contributed by atoms with E-state index in [2.05, 4.69) is 31.9 Å². The molecule has 0 aromatic heterocycles. The van der Waals surface area contributed by atoms with Crippen LogP contribution in [0.15, 0.2) is 21.1 Å². The number of phenols is 1. The second kappa shape index (κ2) is 5.71. The second-order valence-corrected chi connectivity index (χ2v) is 5.72. The maximum absolute atomic E-state index is 9.96. The van der Waals surface area contributed by atoms with Crippen LogP contribution in [-0.4, -0.2) is 5.11 Å². The van der Waals surface area contributed by atoms with Crippen LogP contribution in [0.1, 0.15) is 30.9 Å². The van der Waals surface area contributed by atoms with Gasteiger partial charge in [-0.25, -0.2) is 0 Å². The highest BCUT2D eigenvalue weighted by Crippen LogP contribution is 2.44. The fourth-order valence-electron chi connectivity index (χ4n) is 1.91. The fourth-order valence-corrected chi connectivity index (χ4v) is 2.84. The Labute approximate surface area is 118 Å². The zero-order valence-electron chi connectivity index (χ0n) is 8.62. The van der Waals surface area contributed by atoms with Crippen molar-refractivity contribution in [2.75, 3.05) is 0 Å². The van der Waals surface area contributed by atoms with Crippen molar-refractivity contribution in [3.05, 3.63) is 26.6 Å². The molecular formula is C11H14Br2ClNO. The molecular weight excluding hydrogens is 357 g/mol. The van der Waals surface area contributed by atoms with E-state index in [-0.39, 0.29) is 24.2 Å². The van der Waals surface area contributed by atoms with E-state index in [4.69, 9.17) is 5.73 Å². The molecule has 90 valence electrons. The minimum Gasteiger partial charge on any atom is -0.506 e. The number of hydrogen-bond acceptors (Lipinski definition) is 2. The number of benzene rings is 1. The number of halogens is 3. The van der Waals surface area contributed by atoms with E-state index < -0.39 is 0 Å². The maximum atomic E-state index is 9.96. The molecule has 1 fully saturated rings. The van der Waals surface area contributed by atoms with Crippen LogP contribution in [0.3, 0.4) is 0 Å². The zero-order valence-corrected chi connectivity index (χ0v) is 12.6. The Balaban J connectivity index is 0.00000128. The Morgan fingerprint density at radius 3 is 2.31 bits per heavy atom. The third kappa shape index (κ3) is 2.55. The van der Waals surface area contributed by atoms with Gasteiger partial charge < -0.3 is 10.8 Å². The summed E-state index contributed by atoms with van der Waals surface area (Å²) in [5, 5.41) is 9.96. The summed E-state index contributed by atoms with van der Waals surface area (Å²) < 4.78 is 1.60. The predicted molar refractivity (Wildman–Crippen MR) is 75.0 cm³/mol. The van der Waals surface area contributed by atoms with Gasteiger partial charge in [0.15, 0.2) is 0 Å². The number of phenolic OH excluding ortho intramolecular Hbond substituents is 1. The van der Waals surface area contributed by atoms with E-state index in [1.165, 1.54) is 19.3 Å². The van der Waals surface area contributed by atoms with Crippen LogP contribution in [0.2, 0.25) is 0 Å². The lowest BCUT2D eigenvalue weighted by molar-refractivity contribution is 0.260. The van der Waals surface area contributed by atoms with Gasteiger partial charge in [0.25, 0.3) is 0 Å². The lowest BCUT2D eigenvalue weighted by Crippen LogP contribution is -2.27. The van der Waals surface area contributed by atoms with Gasteiger partial charge in [0.2, 0.25) is 0 Å². The van der Waals surface area contributed by atoms with Crippen molar-refractivity contribution in [1.29, 1.82) is 0 Å². The van der Waals surface area contributed by atoms with E-state index >= 15 is 0 Å². The van der Waals surface area contributed by atoms with Gasteiger partial charge in [-0.05, 0) is 46.8 Å². The summed E-state index contributed by atoms with van der Waals surface area (Å²) in [5.41, 5.74) is 6.99. The normalized spacial score (nSPS) is 17.4. The molecule has 0 saturated heterocycles. The minimum absolute atomic E-state index is 0. The molecule has 0 aliphatic heterocycles. The van der Waals surface area contributed by atoms with E-state index in [1.807, 2.05) is 12.1 Å². The van der Waals surface area contributed by atoms with Gasteiger partial charge in [-0.2, -0.15) is 0 Å². The monoisotopic (exact) mass is 369 g/mol. The van der Waals surface area contributed by atoms with Crippen LogP contribution in [0, 0.1) is 5.92 Å². The quantitative estimate of drug-likeness (QED) is 0.821. The van der Waals surface area contributed by atoms with Crippen LogP contribution in [-0.2, 0) is 0 Å². The number of rotatable bonds is 2. The van der Waals surface area contributed by atoms with Crippen LogP contribution < -0.4 is 5.73 Å². The molecule has 0 radical (unpaired) electrons. The Kier molecular flexibility index (Phi) is 5.10. The van der Waals surface area contributed by atoms with Crippen LogP contribution >= 0.6 is 44.3 Å². The first-order valence-corrected chi connectivity index (χ1v) is 6.62. The molecule has 16 heavy (non-hydrogen) atoms. The topological polar surface area (TPSA) is 46.2 Å². The third-order valence-electron chi connectivity index (χ3n) is 3.11. The molecule has 2 rings (SSSR count). The van der Waals surface area contributed by atoms with E-state index in [0.717, 1.165) is 10.0 Å². The van der Waals surface area contributed by atoms with E-state index in [9.17, 15) is 5.11 Å². The highest BCUT2D eigenvalue weighted by atomic mass is 79.9. The third-order valence-corrected chi connectivity index (χ3v) is 4.44. The van der Waals surface area contributed by atoms with Crippen molar-refractivity contribution in [1.82, 2.24) is 0 Å². The molecule has 0 heterocycles. The fraction of sp³-hybridized carbons (Fsp3) is 0.455. The molecule has 1 aromatic carbocycles. The second-order valence-electron chi connectivity index (χ2n) is 4.01. The van der Waals surface area contributed by atoms with Gasteiger partial charge in [-0.1, -0.05) is 22.4 Å². The van der Waals surface area contributed by atoms with Gasteiger partial charge in [0.1, 0.15) is 5.75 Å². The summed E-state index contributed by atoms with van der Waals surface area (Å²) in [7, 11) is 0. The lowest BCUT2D eigenvalue weighted by Gasteiger charge is -2.32. The molecule has 5 heteroatoms. The first-order valence-electron chi connectivity index (χ1n) is 5.03. The average molecular weight is 372 g/mol. The summed E-state index contributed by atoms with van der Waals surface area (Å²) in [6.07, 6.45) is 3.59. The Morgan fingerprint density at radius 1 is 1.25 bits per heavy atom. The SMILES string of the molecule is Cl.N[C@H](c1c(Br)ccc(Br)c1O)C1CCC1. The smallest absolute Gasteiger partial charge is 0.135 e. The molecule has 0 bridgehead atoms. The summed E-state index contributed by atoms with van der Waals surface area (Å²) >= 11 is 6.75. The molecule has 2 nitrogen and oxygen atoms in total. The van der Waals surface area contributed by atoms with Gasteiger partial charge in [-0.3, -0.25) is 0 Å². The summed E-state index contributed by atoms with van der Waals surface area (Å²) in [6.45, 7) is 0. The summed E-state index contributed by atoms with van der Waals surface area (Å²) in [4.78, 5) is 0. The Hall–Kier alpha value is 0.230. The van der Waals surface area contributed by atoms with Gasteiger partial charge in [0, 0.05) is 16.1 Å². The molecule has 0 amide bonds. The largest absolute Gasteiger partial charge is 0.506 e. The molecule has 1 aromatic rings. The van der Waals surface area contributed by atoms with Gasteiger partial charge >= 0.3 is 0 Å². The molecule has 0 unspecified atom stereocenters. The highest BCUT2D eigenvalue weighted by Gasteiger charge is 2.29. The maximum Gasteiger partial charge on any atom is 0.135 e. The van der Waals surface area contributed by atoms with Crippen LogP contribution in [0.25, 0.3) is 0 Å². The molecule has 1 saturated carbocycles. The molecule has 1 aliphatic rings. The Morgan fingerprint density at radius 2 is 1.81 bits per heavy atom. The van der Waals surface area contributed by atoms with Crippen molar-refractivity contribution in [2.24, 2.45) is 11.7 Å². The number of aromatic hydroxyl groups is 1. The van der Waals surface area contributed by atoms with Crippen molar-refractivity contribution >= 4 is 44.3 Å². The average Bonchev–Trinajstić information content (AvgIpc) is 2.09. The summed E-state index contributed by atoms with van der Waals surface area (Å²) in [5.74, 6) is 0.783. The molecule has 1 atom stereocenters. The first kappa shape index (κ1) is 14.3. The zero-order chi connectivity index (χ0) is 11.0. The van der Waals surface area contributed by atoms with Crippen molar-refractivity contribution in [3.63, 3.8) is 0 Å². The molecule has 1 aliphatic carbocycles. The predicted octanol–water partition coefficient (Wildman–Crippen LogP) is 4.14. The minimum atomic E-state index is -0.0642. The first-order chi connectivity index (χ1) is 7.11. The van der Waals surface area contributed by atoms with Gasteiger partial charge in [-0.15, -0.1) is 12.4 Å². The molecule has 0 spiro atoms. The standard InChI is InChI=1S/C11H13Br2NO.ClH/c12-7-4-5-8(13)11(15)9(7)10(14)6-2-1-3-6;/h4-6,10,15H,1-3,14H2;1H/t10-;/m0./s1. The summed E-state index contributed by atoms with van der Waals surface area (Å²) in [6, 6.07) is 3.67. The highest BCUT2D eigenvalue weighted by molar-refractivity contribution is 9.11. The van der Waals surface area contributed by atoms with E-state index in [0.29, 0.717) is 10.4 Å². The van der Waals surface area contributed by atoms with Crippen LogP contribution in [0.5, 0.6) is 5.75 Å². The van der Waals surface area contributed by atoms with Crippen molar-refractivity contribution in [2.45, 2.75) is 25.3 Å². The van der Waals surface area contributed by atoms with E-state index in [1.54, 1.807) is 0 Å². The number of hydrogen-bond donors (Lipinski definition) is 2. The Bertz CT molecular complexity index is 382. The van der Waals surface area contributed by atoms with Crippen LogP contribution in [0.4, 0.5) is 0 Å². The van der Waals surface area contributed by atoms with Gasteiger partial charge in [0.05, 0.1) is 4.47 Å². The number of nitrogens with two attached hydrogens (primary N) is 1.